The molecule has 24 heavy (non-hydrogen) atoms. The molecule has 0 aromatic heterocycles. The number of carbonyl (C=O) groups is 1. The van der Waals surface area contributed by atoms with Crippen LogP contribution in [0.2, 0.25) is 5.02 Å². The van der Waals surface area contributed by atoms with Gasteiger partial charge >= 0.3 is 12.1 Å². The zero-order valence-corrected chi connectivity index (χ0v) is 14.3. The number of rotatable bonds is 4. The lowest BCUT2D eigenvalue weighted by Crippen LogP contribution is -2.11. The van der Waals surface area contributed by atoms with Crippen molar-refractivity contribution in [3.63, 3.8) is 0 Å². The Morgan fingerprint density at radius 2 is 2.00 bits per heavy atom. The van der Waals surface area contributed by atoms with Crippen molar-refractivity contribution < 1.29 is 27.1 Å². The molecule has 1 aromatic carbocycles. The number of hydrogen-bond acceptors (Lipinski definition) is 2. The van der Waals surface area contributed by atoms with Gasteiger partial charge in [-0.1, -0.05) is 49.2 Å². The Morgan fingerprint density at radius 1 is 1.38 bits per heavy atom. The summed E-state index contributed by atoms with van der Waals surface area (Å²) in [7, 11) is 0. The third kappa shape index (κ3) is 3.86. The summed E-state index contributed by atoms with van der Waals surface area (Å²) in [4.78, 5) is 12.1. The molecular weight excluding hydrogens is 371 g/mol. The Morgan fingerprint density at radius 3 is 2.54 bits per heavy atom. The van der Waals surface area contributed by atoms with E-state index in [0.29, 0.717) is 0 Å². The van der Waals surface area contributed by atoms with Crippen LogP contribution in [0.3, 0.4) is 0 Å². The zero-order valence-electron chi connectivity index (χ0n) is 12.8. The monoisotopic (exact) mass is 384 g/mol. The molecule has 2 nitrogen and oxygen atoms in total. The number of benzene rings is 1. The average Bonchev–Trinajstić information content (AvgIpc) is 2.98. The molecule has 1 fully saturated rings. The van der Waals surface area contributed by atoms with Crippen molar-refractivity contribution in [1.82, 2.24) is 0 Å². The summed E-state index contributed by atoms with van der Waals surface area (Å²) in [6.07, 6.45) is -3.83. The third-order valence-corrected chi connectivity index (χ3v) is 4.88. The first-order valence-corrected chi connectivity index (χ1v) is 7.76. The highest BCUT2D eigenvalue weighted by Gasteiger charge is 2.62. The normalized spacial score (nSPS) is 23.1. The first-order valence-electron chi connectivity index (χ1n) is 7.00. The van der Waals surface area contributed by atoms with Gasteiger partial charge in [0.2, 0.25) is 0 Å². The number of allylic oxidation sites excluding steroid dienone is 2. The van der Waals surface area contributed by atoms with E-state index in [2.05, 4.69) is 0 Å². The van der Waals surface area contributed by atoms with Crippen LogP contribution < -0.4 is 0 Å². The fourth-order valence-corrected chi connectivity index (χ4v) is 2.95. The van der Waals surface area contributed by atoms with Crippen LogP contribution in [0.5, 0.6) is 0 Å². The van der Waals surface area contributed by atoms with Gasteiger partial charge in [-0.3, -0.25) is 4.79 Å². The molecule has 0 heterocycles. The van der Waals surface area contributed by atoms with Crippen LogP contribution in [-0.2, 0) is 16.1 Å². The van der Waals surface area contributed by atoms with Gasteiger partial charge in [-0.05, 0) is 23.5 Å². The molecule has 0 N–H and O–H groups in total. The van der Waals surface area contributed by atoms with E-state index in [1.807, 2.05) is 0 Å². The smallest absolute Gasteiger partial charge is 0.426 e. The van der Waals surface area contributed by atoms with Gasteiger partial charge in [0.05, 0.1) is 10.9 Å². The highest BCUT2D eigenvalue weighted by molar-refractivity contribution is 6.31. The lowest BCUT2D eigenvalue weighted by Gasteiger charge is -2.08. The van der Waals surface area contributed by atoms with E-state index >= 15 is 0 Å². The highest BCUT2D eigenvalue weighted by Crippen LogP contribution is 2.60. The molecule has 2 atom stereocenters. The summed E-state index contributed by atoms with van der Waals surface area (Å²) in [5, 5.41) is -1.16. The van der Waals surface area contributed by atoms with Crippen molar-refractivity contribution in [3.8, 4) is 0 Å². The molecule has 8 heteroatoms. The van der Waals surface area contributed by atoms with Crippen LogP contribution in [-0.4, -0.2) is 12.1 Å². The second-order valence-electron chi connectivity index (χ2n) is 6.15. The minimum atomic E-state index is -4.66. The van der Waals surface area contributed by atoms with Gasteiger partial charge in [0.25, 0.3) is 0 Å². The van der Waals surface area contributed by atoms with Gasteiger partial charge in [-0.15, -0.1) is 0 Å². The van der Waals surface area contributed by atoms with Gasteiger partial charge in [0, 0.05) is 5.56 Å². The molecule has 2 rings (SSSR count). The van der Waals surface area contributed by atoms with Crippen LogP contribution in [0.4, 0.5) is 17.6 Å². The van der Waals surface area contributed by atoms with Crippen LogP contribution in [0.25, 0.3) is 0 Å². The minimum Gasteiger partial charge on any atom is -0.460 e. The van der Waals surface area contributed by atoms with Gasteiger partial charge in [-0.25, -0.2) is 4.39 Å². The average molecular weight is 385 g/mol. The predicted octanol–water partition coefficient (Wildman–Crippen LogP) is 5.48. The Hall–Kier alpha value is -1.27. The third-order valence-electron chi connectivity index (χ3n) is 4.18. The topological polar surface area (TPSA) is 26.3 Å². The first kappa shape index (κ1) is 19.1. The largest absolute Gasteiger partial charge is 0.460 e. The minimum absolute atomic E-state index is 0.0198. The predicted molar refractivity (Wildman–Crippen MR) is 82.0 cm³/mol. The fourth-order valence-electron chi connectivity index (χ4n) is 2.59. The fraction of sp³-hybridized carbons (Fsp3) is 0.438. The molecular formula is C16H14Cl2F4O2. The maximum Gasteiger partial charge on any atom is 0.426 e. The van der Waals surface area contributed by atoms with Crippen LogP contribution in [0, 0.1) is 23.1 Å². The molecule has 0 amide bonds. The second-order valence-corrected chi connectivity index (χ2v) is 6.96. The Balaban J connectivity index is 2.06. The molecule has 1 aliphatic carbocycles. The summed E-state index contributed by atoms with van der Waals surface area (Å²) in [6.45, 7) is 2.88. The maximum absolute atomic E-state index is 13.6. The number of ether oxygens (including phenoxy) is 1. The molecule has 1 aliphatic rings. The number of hydrogen-bond donors (Lipinski definition) is 0. The van der Waals surface area contributed by atoms with Crippen LogP contribution in [0.1, 0.15) is 19.4 Å². The molecule has 0 radical (unpaired) electrons. The van der Waals surface area contributed by atoms with Gasteiger partial charge in [0.1, 0.15) is 17.5 Å². The van der Waals surface area contributed by atoms with E-state index < -0.39 is 40.2 Å². The van der Waals surface area contributed by atoms with E-state index in [9.17, 15) is 22.4 Å². The SMILES string of the molecule is CC1(C)[C@H](C(=O)OCc2c(F)cccc2Cl)[C@@H]1/C=C(\Cl)C(F)(F)F. The van der Waals surface area contributed by atoms with Gasteiger partial charge in [0.15, 0.2) is 0 Å². The molecule has 0 bridgehead atoms. The van der Waals surface area contributed by atoms with E-state index in [-0.39, 0.29) is 17.2 Å². The number of carbonyl (C=O) groups excluding carboxylic acids is 1. The van der Waals surface area contributed by atoms with E-state index in [4.69, 9.17) is 27.9 Å². The van der Waals surface area contributed by atoms with Crippen LogP contribution >= 0.6 is 23.2 Å². The molecule has 0 unspecified atom stereocenters. The summed E-state index contributed by atoms with van der Waals surface area (Å²) >= 11 is 11.0. The Labute approximate surface area is 146 Å². The zero-order chi connectivity index (χ0) is 18.3. The number of alkyl halides is 3. The molecule has 0 spiro atoms. The van der Waals surface area contributed by atoms with Crippen molar-refractivity contribution in [1.29, 1.82) is 0 Å². The van der Waals surface area contributed by atoms with Crippen LogP contribution in [0.15, 0.2) is 29.3 Å². The number of esters is 1. The second kappa shape index (κ2) is 6.56. The first-order chi connectivity index (χ1) is 11.0. The molecule has 1 aromatic rings. The Bertz CT molecular complexity index is 663. The van der Waals surface area contributed by atoms with Gasteiger partial charge < -0.3 is 4.74 Å². The van der Waals surface area contributed by atoms with Crippen molar-refractivity contribution in [2.24, 2.45) is 17.3 Å². The highest BCUT2D eigenvalue weighted by atomic mass is 35.5. The lowest BCUT2D eigenvalue weighted by molar-refractivity contribution is -0.147. The Kier molecular flexibility index (Phi) is 5.21. The van der Waals surface area contributed by atoms with E-state index in [0.717, 1.165) is 6.08 Å². The summed E-state index contributed by atoms with van der Waals surface area (Å²) in [5.41, 5.74) is -0.701. The molecule has 1 saturated carbocycles. The van der Waals surface area contributed by atoms with E-state index in [1.54, 1.807) is 13.8 Å². The number of halogens is 6. The molecule has 0 saturated heterocycles. The molecule has 132 valence electrons. The van der Waals surface area contributed by atoms with Crippen molar-refractivity contribution >= 4 is 29.2 Å². The quantitative estimate of drug-likeness (QED) is 0.507. The lowest BCUT2D eigenvalue weighted by atomic mass is 10.1. The summed E-state index contributed by atoms with van der Waals surface area (Å²) < 4.78 is 56.2. The summed E-state index contributed by atoms with van der Waals surface area (Å²) in [6, 6.07) is 4.03. The molecule has 0 aliphatic heterocycles. The maximum atomic E-state index is 13.6. The van der Waals surface area contributed by atoms with Gasteiger partial charge in [-0.2, -0.15) is 13.2 Å². The summed E-state index contributed by atoms with van der Waals surface area (Å²) in [5.74, 6) is -2.82. The standard InChI is InChI=1S/C16H14Cl2F4O2/c1-15(2)9(6-12(18)16(20,21)22)13(15)14(23)24-7-8-10(17)4-3-5-11(8)19/h3-6,9,13H,7H2,1-2H3/b12-6-/t9-,13-/m0/s1. The van der Waals surface area contributed by atoms with Crippen molar-refractivity contribution in [2.45, 2.75) is 26.6 Å². The van der Waals surface area contributed by atoms with Crippen molar-refractivity contribution in [3.05, 3.63) is 45.7 Å². The van der Waals surface area contributed by atoms with E-state index in [1.165, 1.54) is 18.2 Å². The van der Waals surface area contributed by atoms with Crippen molar-refractivity contribution in [2.75, 3.05) is 0 Å².